The van der Waals surface area contributed by atoms with Crippen LogP contribution in [0.15, 0.2) is 6.07 Å². The van der Waals surface area contributed by atoms with E-state index in [4.69, 9.17) is 5.73 Å². The van der Waals surface area contributed by atoms with Crippen LogP contribution in [0.25, 0.3) is 0 Å². The van der Waals surface area contributed by atoms with Gasteiger partial charge in [-0.15, -0.1) is 13.2 Å². The van der Waals surface area contributed by atoms with Gasteiger partial charge in [-0.1, -0.05) is 0 Å². The second-order valence-electron chi connectivity index (χ2n) is 4.17. The average molecular weight is 346 g/mol. The molecule has 0 atom stereocenters. The number of ether oxygens (including phenoxy) is 2. The standard InChI is InChI=1S/C12H12F6N2O3/c1-2-22-9(21)4-6-3-7(11(13,14)15)10(8(5-19)20-6)23-12(16,17)18/h3H,2,4-5,19H2,1H3. The molecule has 0 fully saturated rings. The highest BCUT2D eigenvalue weighted by atomic mass is 19.4. The van der Waals surface area contributed by atoms with Crippen molar-refractivity contribution in [2.24, 2.45) is 5.73 Å². The zero-order chi connectivity index (χ0) is 17.8. The van der Waals surface area contributed by atoms with E-state index >= 15 is 0 Å². The third-order valence-electron chi connectivity index (χ3n) is 2.44. The number of pyridine rings is 1. The maximum absolute atomic E-state index is 13.0. The summed E-state index contributed by atoms with van der Waals surface area (Å²) in [5, 5.41) is 0. The number of aromatic nitrogens is 1. The third kappa shape index (κ3) is 5.58. The monoisotopic (exact) mass is 346 g/mol. The van der Waals surface area contributed by atoms with Crippen molar-refractivity contribution in [1.82, 2.24) is 4.98 Å². The van der Waals surface area contributed by atoms with Crippen molar-refractivity contribution in [3.8, 4) is 5.75 Å². The molecule has 0 saturated heterocycles. The number of rotatable bonds is 5. The highest BCUT2D eigenvalue weighted by Crippen LogP contribution is 2.40. The minimum absolute atomic E-state index is 0.00994. The Bertz CT molecular complexity index is 571. The van der Waals surface area contributed by atoms with E-state index in [2.05, 4.69) is 14.5 Å². The van der Waals surface area contributed by atoms with Crippen LogP contribution >= 0.6 is 0 Å². The normalized spacial score (nSPS) is 12.2. The lowest BCUT2D eigenvalue weighted by molar-refractivity contribution is -0.276. The fourth-order valence-electron chi connectivity index (χ4n) is 1.67. The second kappa shape index (κ2) is 7.02. The zero-order valence-electron chi connectivity index (χ0n) is 11.7. The summed E-state index contributed by atoms with van der Waals surface area (Å²) in [7, 11) is 0. The van der Waals surface area contributed by atoms with Crippen molar-refractivity contribution in [1.29, 1.82) is 0 Å². The minimum atomic E-state index is -5.35. The molecule has 1 aromatic rings. The van der Waals surface area contributed by atoms with Crippen LogP contribution in [0.5, 0.6) is 5.75 Å². The van der Waals surface area contributed by atoms with Gasteiger partial charge in [-0.25, -0.2) is 0 Å². The molecule has 1 rings (SSSR count). The van der Waals surface area contributed by atoms with Crippen LogP contribution in [0.2, 0.25) is 0 Å². The summed E-state index contributed by atoms with van der Waals surface area (Å²) in [6, 6.07) is 0.303. The van der Waals surface area contributed by atoms with E-state index in [9.17, 15) is 31.1 Å². The first-order chi connectivity index (χ1) is 10.5. The van der Waals surface area contributed by atoms with E-state index in [0.717, 1.165) is 0 Å². The van der Waals surface area contributed by atoms with E-state index in [1.165, 1.54) is 6.92 Å². The van der Waals surface area contributed by atoms with Crippen LogP contribution in [0.4, 0.5) is 26.3 Å². The number of hydrogen-bond acceptors (Lipinski definition) is 5. The number of hydrogen-bond donors (Lipinski definition) is 1. The lowest BCUT2D eigenvalue weighted by Gasteiger charge is -2.18. The Kier molecular flexibility index (Phi) is 5.81. The van der Waals surface area contributed by atoms with Crippen molar-refractivity contribution in [2.45, 2.75) is 32.4 Å². The first-order valence-electron chi connectivity index (χ1n) is 6.19. The molecule has 1 heterocycles. The molecular weight excluding hydrogens is 334 g/mol. The number of nitrogens with two attached hydrogens (primary N) is 1. The van der Waals surface area contributed by atoms with E-state index < -0.39 is 54.2 Å². The number of carbonyl (C=O) groups is 1. The smallest absolute Gasteiger partial charge is 0.466 e. The molecule has 11 heteroatoms. The largest absolute Gasteiger partial charge is 0.573 e. The molecule has 0 aromatic carbocycles. The van der Waals surface area contributed by atoms with Crippen molar-refractivity contribution < 1.29 is 40.6 Å². The third-order valence-corrected chi connectivity index (χ3v) is 2.44. The fourth-order valence-corrected chi connectivity index (χ4v) is 1.67. The Balaban J connectivity index is 3.37. The number of esters is 1. The van der Waals surface area contributed by atoms with E-state index in [1.807, 2.05) is 0 Å². The summed E-state index contributed by atoms with van der Waals surface area (Å²) in [6.45, 7) is 0.729. The molecule has 0 aliphatic rings. The SMILES string of the molecule is CCOC(=O)Cc1cc(C(F)(F)F)c(OC(F)(F)F)c(CN)n1. The van der Waals surface area contributed by atoms with E-state index in [0.29, 0.717) is 6.07 Å². The Hall–Kier alpha value is -2.04. The molecule has 23 heavy (non-hydrogen) atoms. The zero-order valence-corrected chi connectivity index (χ0v) is 11.7. The summed E-state index contributed by atoms with van der Waals surface area (Å²) in [5.41, 5.74) is 2.24. The van der Waals surface area contributed by atoms with Crippen molar-refractivity contribution in [3.63, 3.8) is 0 Å². The van der Waals surface area contributed by atoms with Gasteiger partial charge in [0, 0.05) is 6.54 Å². The molecule has 0 saturated carbocycles. The minimum Gasteiger partial charge on any atom is -0.466 e. The second-order valence-corrected chi connectivity index (χ2v) is 4.17. The van der Waals surface area contributed by atoms with E-state index in [1.54, 1.807) is 0 Å². The van der Waals surface area contributed by atoms with Crippen LogP contribution in [-0.2, 0) is 28.7 Å². The molecule has 0 aliphatic heterocycles. The highest BCUT2D eigenvalue weighted by Gasteiger charge is 2.41. The van der Waals surface area contributed by atoms with Gasteiger partial charge in [0.15, 0.2) is 5.75 Å². The van der Waals surface area contributed by atoms with Gasteiger partial charge in [0.05, 0.1) is 24.4 Å². The highest BCUT2D eigenvalue weighted by molar-refractivity contribution is 5.72. The van der Waals surface area contributed by atoms with Gasteiger partial charge < -0.3 is 15.2 Å². The Morgan fingerprint density at radius 1 is 1.26 bits per heavy atom. The van der Waals surface area contributed by atoms with Crippen LogP contribution < -0.4 is 10.5 Å². The molecule has 0 unspecified atom stereocenters. The van der Waals surface area contributed by atoms with Gasteiger partial charge >= 0.3 is 18.5 Å². The molecule has 130 valence electrons. The number of nitrogens with zero attached hydrogens (tertiary/aromatic N) is 1. The van der Waals surface area contributed by atoms with Gasteiger partial charge in [-0.05, 0) is 13.0 Å². The molecule has 5 nitrogen and oxygen atoms in total. The molecular formula is C12H12F6N2O3. The number of halogens is 6. The number of alkyl halides is 6. The molecule has 1 aromatic heterocycles. The molecule has 0 radical (unpaired) electrons. The predicted molar refractivity (Wildman–Crippen MR) is 64.2 cm³/mol. The van der Waals surface area contributed by atoms with Crippen LogP contribution in [0, 0.1) is 0 Å². The summed E-state index contributed by atoms with van der Waals surface area (Å²) >= 11 is 0. The first-order valence-corrected chi connectivity index (χ1v) is 6.19. The van der Waals surface area contributed by atoms with Crippen molar-refractivity contribution >= 4 is 5.97 Å². The Morgan fingerprint density at radius 2 is 1.87 bits per heavy atom. The average Bonchev–Trinajstić information content (AvgIpc) is 2.37. The van der Waals surface area contributed by atoms with Crippen molar-refractivity contribution in [3.05, 3.63) is 23.0 Å². The van der Waals surface area contributed by atoms with Crippen molar-refractivity contribution in [2.75, 3.05) is 6.61 Å². The lowest BCUT2D eigenvalue weighted by Crippen LogP contribution is -2.23. The Labute approximate surface area is 126 Å². The number of carbonyl (C=O) groups excluding carboxylic acids is 1. The first kappa shape index (κ1) is 19.0. The Morgan fingerprint density at radius 3 is 2.30 bits per heavy atom. The van der Waals surface area contributed by atoms with Gasteiger partial charge in [0.25, 0.3) is 0 Å². The molecule has 0 bridgehead atoms. The topological polar surface area (TPSA) is 74.4 Å². The molecule has 2 N–H and O–H groups in total. The maximum atomic E-state index is 13.0. The van der Waals surface area contributed by atoms with Crippen LogP contribution in [0.1, 0.15) is 23.9 Å². The summed E-state index contributed by atoms with van der Waals surface area (Å²) < 4.78 is 83.8. The summed E-state index contributed by atoms with van der Waals surface area (Å²) in [4.78, 5) is 14.8. The molecule has 0 spiro atoms. The van der Waals surface area contributed by atoms with Gasteiger partial charge in [-0.2, -0.15) is 13.2 Å². The summed E-state index contributed by atoms with van der Waals surface area (Å²) in [5.74, 6) is -2.40. The van der Waals surface area contributed by atoms with Gasteiger partial charge in [0.1, 0.15) is 5.56 Å². The fraction of sp³-hybridized carbons (Fsp3) is 0.500. The molecule has 0 amide bonds. The molecule has 0 aliphatic carbocycles. The predicted octanol–water partition coefficient (Wildman–Crippen LogP) is 2.56. The summed E-state index contributed by atoms with van der Waals surface area (Å²) in [6.07, 6.45) is -11.2. The lowest BCUT2D eigenvalue weighted by atomic mass is 10.1. The van der Waals surface area contributed by atoms with E-state index in [-0.39, 0.29) is 6.61 Å². The van der Waals surface area contributed by atoms with Gasteiger partial charge in [0.2, 0.25) is 0 Å². The van der Waals surface area contributed by atoms with Crippen LogP contribution in [0.3, 0.4) is 0 Å². The quantitative estimate of drug-likeness (QED) is 0.655. The van der Waals surface area contributed by atoms with Gasteiger partial charge in [-0.3, -0.25) is 9.78 Å². The maximum Gasteiger partial charge on any atom is 0.573 e. The van der Waals surface area contributed by atoms with Crippen LogP contribution in [-0.4, -0.2) is 23.9 Å².